The fraction of sp³-hybridized carbons (Fsp3) is 0.516. The summed E-state index contributed by atoms with van der Waals surface area (Å²) >= 11 is 0. The number of nitrogens with one attached hydrogen (secondary N) is 1. The Bertz CT molecular complexity index is 1540. The van der Waals surface area contributed by atoms with Crippen LogP contribution in [0, 0.1) is 12.8 Å². The number of pyridine rings is 1. The minimum absolute atomic E-state index is 0.0578. The van der Waals surface area contributed by atoms with E-state index >= 15 is 0 Å². The van der Waals surface area contributed by atoms with Crippen LogP contribution in [0.1, 0.15) is 18.7 Å². The van der Waals surface area contributed by atoms with Crippen LogP contribution in [0.2, 0.25) is 51.4 Å². The first-order valence-corrected chi connectivity index (χ1v) is 22.2. The van der Waals surface area contributed by atoms with Gasteiger partial charge in [0.1, 0.15) is 30.8 Å². The first kappa shape index (κ1) is 29.7. The van der Waals surface area contributed by atoms with E-state index in [4.69, 9.17) is 19.4 Å². The summed E-state index contributed by atoms with van der Waals surface area (Å²) in [7, 11) is -2.32. The molecule has 0 radical (unpaired) electrons. The number of amides is 1. The quantitative estimate of drug-likeness (QED) is 0.130. The van der Waals surface area contributed by atoms with Gasteiger partial charge in [-0.25, -0.2) is 9.97 Å². The lowest BCUT2D eigenvalue weighted by Crippen LogP contribution is -2.22. The molecular weight excluding hydrogens is 547 g/mol. The molecule has 220 valence electrons. The third kappa shape index (κ3) is 7.54. The number of aromatic nitrogens is 4. The van der Waals surface area contributed by atoms with Crippen molar-refractivity contribution in [2.45, 2.75) is 84.6 Å². The van der Waals surface area contributed by atoms with Gasteiger partial charge in [0.25, 0.3) is 0 Å². The fourth-order valence-corrected chi connectivity index (χ4v) is 6.31. The van der Waals surface area contributed by atoms with Crippen LogP contribution in [0.25, 0.3) is 33.2 Å². The average Bonchev–Trinajstić information content (AvgIpc) is 3.61. The van der Waals surface area contributed by atoms with Crippen LogP contribution in [0.15, 0.2) is 36.5 Å². The van der Waals surface area contributed by atoms with E-state index in [9.17, 15) is 4.79 Å². The Morgan fingerprint density at radius 2 is 1.63 bits per heavy atom. The van der Waals surface area contributed by atoms with Gasteiger partial charge >= 0.3 is 0 Å². The van der Waals surface area contributed by atoms with Gasteiger partial charge in [-0.3, -0.25) is 4.79 Å². The van der Waals surface area contributed by atoms with Gasteiger partial charge in [-0.15, -0.1) is 0 Å². The number of fused-ring (bicyclic) bond motifs is 2. The highest BCUT2D eigenvalue weighted by molar-refractivity contribution is 6.76. The zero-order chi connectivity index (χ0) is 29.4. The number of carbonyl (C=O) groups is 1. The summed E-state index contributed by atoms with van der Waals surface area (Å²) in [5.74, 6) is 1.71. The number of hydrogen-bond donors (Lipinski definition) is 1. The molecule has 41 heavy (non-hydrogen) atoms. The van der Waals surface area contributed by atoms with Crippen molar-refractivity contribution in [2.24, 2.45) is 5.92 Å². The van der Waals surface area contributed by atoms with Crippen molar-refractivity contribution >= 4 is 49.9 Å². The lowest BCUT2D eigenvalue weighted by atomic mass is 10.1. The molecule has 0 spiro atoms. The lowest BCUT2D eigenvalue weighted by Gasteiger charge is -2.16. The second-order valence-electron chi connectivity index (χ2n) is 13.8. The summed E-state index contributed by atoms with van der Waals surface area (Å²) in [6.07, 6.45) is 4.03. The van der Waals surface area contributed by atoms with Crippen molar-refractivity contribution in [2.75, 3.05) is 18.5 Å². The molecule has 5 rings (SSSR count). The third-order valence-corrected chi connectivity index (χ3v) is 11.0. The van der Waals surface area contributed by atoms with Gasteiger partial charge in [0.2, 0.25) is 5.91 Å². The van der Waals surface area contributed by atoms with Gasteiger partial charge in [-0.2, -0.15) is 0 Å². The van der Waals surface area contributed by atoms with Gasteiger partial charge < -0.3 is 23.9 Å². The Labute approximate surface area is 245 Å². The zero-order valence-electron chi connectivity index (χ0n) is 25.7. The summed E-state index contributed by atoms with van der Waals surface area (Å²) in [4.78, 5) is 22.1. The Hall–Kier alpha value is -2.80. The van der Waals surface area contributed by atoms with Gasteiger partial charge in [0.15, 0.2) is 0 Å². The maximum absolute atomic E-state index is 12.4. The van der Waals surface area contributed by atoms with E-state index in [1.807, 2.05) is 13.0 Å². The number of rotatable bonds is 13. The smallest absolute Gasteiger partial charge is 0.228 e. The average molecular weight is 592 g/mol. The van der Waals surface area contributed by atoms with E-state index < -0.39 is 16.1 Å². The number of anilines is 1. The molecule has 3 aromatic heterocycles. The Balaban J connectivity index is 1.42. The van der Waals surface area contributed by atoms with E-state index in [-0.39, 0.29) is 11.8 Å². The number of aryl methyl sites for hydroxylation is 1. The summed E-state index contributed by atoms with van der Waals surface area (Å²) in [5, 5.41) is 4.02. The van der Waals surface area contributed by atoms with Crippen LogP contribution in [-0.4, -0.2) is 54.4 Å². The summed E-state index contributed by atoms with van der Waals surface area (Å²) in [5.41, 5.74) is 4.97. The topological polar surface area (TPSA) is 83.2 Å². The predicted octanol–water partition coefficient (Wildman–Crippen LogP) is 7.33. The van der Waals surface area contributed by atoms with Crippen molar-refractivity contribution in [1.29, 1.82) is 0 Å². The number of imidazole rings is 1. The molecule has 1 aromatic carbocycles. The summed E-state index contributed by atoms with van der Waals surface area (Å²) in [6.45, 7) is 18.6. The fourth-order valence-electron chi connectivity index (χ4n) is 4.79. The van der Waals surface area contributed by atoms with Gasteiger partial charge in [0.05, 0.1) is 11.0 Å². The van der Waals surface area contributed by atoms with Crippen molar-refractivity contribution < 1.29 is 14.3 Å². The molecule has 1 N–H and O–H groups in total. The molecule has 0 unspecified atom stereocenters. The molecule has 3 heterocycles. The van der Waals surface area contributed by atoms with Crippen LogP contribution in [0.3, 0.4) is 0 Å². The minimum Gasteiger partial charge on any atom is -0.361 e. The Morgan fingerprint density at radius 3 is 2.29 bits per heavy atom. The molecular formula is C31H45N5O3Si2. The molecule has 10 heteroatoms. The number of benzene rings is 1. The van der Waals surface area contributed by atoms with Gasteiger partial charge in [-0.1, -0.05) is 45.3 Å². The van der Waals surface area contributed by atoms with Crippen LogP contribution >= 0.6 is 0 Å². The van der Waals surface area contributed by atoms with E-state index in [1.165, 1.54) is 0 Å². The molecule has 1 saturated carbocycles. The monoisotopic (exact) mass is 591 g/mol. The predicted molar refractivity (Wildman–Crippen MR) is 173 cm³/mol. The second-order valence-corrected chi connectivity index (χ2v) is 25.1. The standard InChI is InChI=1S/C31H45N5O3Si2/c1-22-32-27-18-24(10-12-28(27)36(22)21-39-15-17-41(5,6)7)26-19-35(20-38-14-16-40(2,3)4)30-25(26)11-13-29(33-30)34-31(37)23-8-9-23/h10-13,18-19,23H,8-9,14-17,20-21H2,1-7H3,(H,33,34,37). The molecule has 0 bridgehead atoms. The van der Waals surface area contributed by atoms with E-state index in [1.54, 1.807) is 0 Å². The van der Waals surface area contributed by atoms with Crippen LogP contribution in [-0.2, 0) is 27.7 Å². The number of ether oxygens (including phenoxy) is 2. The summed E-state index contributed by atoms with van der Waals surface area (Å²) < 4.78 is 16.4. The molecule has 0 saturated heterocycles. The molecule has 1 aliphatic carbocycles. The summed E-state index contributed by atoms with van der Waals surface area (Å²) in [6, 6.07) is 12.6. The van der Waals surface area contributed by atoms with Crippen LogP contribution in [0.4, 0.5) is 5.82 Å². The van der Waals surface area contributed by atoms with E-state index in [0.717, 1.165) is 77.2 Å². The lowest BCUT2D eigenvalue weighted by molar-refractivity contribution is -0.117. The normalized spacial score (nSPS) is 14.3. The Morgan fingerprint density at radius 1 is 0.951 bits per heavy atom. The van der Waals surface area contributed by atoms with E-state index in [2.05, 4.69) is 84.2 Å². The number of hydrogen-bond acceptors (Lipinski definition) is 5. The maximum Gasteiger partial charge on any atom is 0.228 e. The zero-order valence-corrected chi connectivity index (χ0v) is 27.7. The van der Waals surface area contributed by atoms with Crippen molar-refractivity contribution in [1.82, 2.24) is 19.1 Å². The highest BCUT2D eigenvalue weighted by Gasteiger charge is 2.30. The SMILES string of the molecule is Cc1nc2cc(-c3cn(COCC[Si](C)(C)C)c4nc(NC(=O)C5CC5)ccc34)ccc2n1COCC[Si](C)(C)C. The van der Waals surface area contributed by atoms with Crippen LogP contribution in [0.5, 0.6) is 0 Å². The molecule has 4 aromatic rings. The van der Waals surface area contributed by atoms with Crippen molar-refractivity contribution in [3.63, 3.8) is 0 Å². The molecule has 1 fully saturated rings. The largest absolute Gasteiger partial charge is 0.361 e. The molecule has 1 aliphatic rings. The minimum atomic E-state index is -1.19. The molecule has 8 nitrogen and oxygen atoms in total. The first-order chi connectivity index (χ1) is 19.4. The Kier molecular flexibility index (Phi) is 8.57. The van der Waals surface area contributed by atoms with Gasteiger partial charge in [0, 0.05) is 52.4 Å². The first-order valence-electron chi connectivity index (χ1n) is 14.8. The molecule has 0 atom stereocenters. The van der Waals surface area contributed by atoms with E-state index in [0.29, 0.717) is 19.3 Å². The van der Waals surface area contributed by atoms with Crippen LogP contribution < -0.4 is 5.32 Å². The second kappa shape index (κ2) is 11.8. The maximum atomic E-state index is 12.4. The molecule has 1 amide bonds. The number of carbonyl (C=O) groups excluding carboxylic acids is 1. The highest BCUT2D eigenvalue weighted by Crippen LogP contribution is 2.34. The molecule has 0 aliphatic heterocycles. The van der Waals surface area contributed by atoms with Crippen molar-refractivity contribution in [3.05, 3.63) is 42.4 Å². The highest BCUT2D eigenvalue weighted by atomic mass is 28.3. The third-order valence-electron chi connectivity index (χ3n) is 7.62. The number of nitrogens with zero attached hydrogens (tertiary/aromatic N) is 4. The van der Waals surface area contributed by atoms with Gasteiger partial charge in [-0.05, 0) is 61.7 Å². The van der Waals surface area contributed by atoms with Crippen molar-refractivity contribution in [3.8, 4) is 11.1 Å².